The Morgan fingerprint density at radius 2 is 1.81 bits per heavy atom. The maximum Gasteiger partial charge on any atom is 0.234 e. The molecular formula is C21H26ClFN2O2. The monoisotopic (exact) mass is 392 g/mol. The van der Waals surface area contributed by atoms with Gasteiger partial charge in [-0.15, -0.1) is 12.4 Å². The molecule has 1 aliphatic rings. The molecule has 1 amide bonds. The maximum atomic E-state index is 12.9. The van der Waals surface area contributed by atoms with Crippen LogP contribution in [0.1, 0.15) is 36.9 Å². The van der Waals surface area contributed by atoms with E-state index in [1.165, 1.54) is 25.0 Å². The standard InChI is InChI=1S/C21H25FN2O2.ClH/c1-15(24-21(25)13-23-12-16-2-3-16)18-6-10-20(11-7-18)26-14-17-4-8-19(22)9-5-17;/h4-11,15-16,23H,2-3,12-14H2,1H3,(H,24,25);1H. The Kier molecular flexibility index (Phi) is 8.07. The molecule has 2 aromatic carbocycles. The number of nitrogens with one attached hydrogen (secondary N) is 2. The summed E-state index contributed by atoms with van der Waals surface area (Å²) in [5.74, 6) is 1.26. The predicted octanol–water partition coefficient (Wildman–Crippen LogP) is 4.00. The molecular weight excluding hydrogens is 367 g/mol. The van der Waals surface area contributed by atoms with E-state index in [-0.39, 0.29) is 30.2 Å². The van der Waals surface area contributed by atoms with Gasteiger partial charge >= 0.3 is 0 Å². The molecule has 0 heterocycles. The van der Waals surface area contributed by atoms with Crippen LogP contribution in [0.5, 0.6) is 5.75 Å². The zero-order valence-electron chi connectivity index (χ0n) is 15.4. The quantitative estimate of drug-likeness (QED) is 0.678. The Hall–Kier alpha value is -2.11. The van der Waals surface area contributed by atoms with Gasteiger partial charge in [-0.05, 0) is 67.6 Å². The van der Waals surface area contributed by atoms with E-state index < -0.39 is 0 Å². The van der Waals surface area contributed by atoms with Crippen molar-refractivity contribution in [1.82, 2.24) is 10.6 Å². The minimum Gasteiger partial charge on any atom is -0.489 e. The van der Waals surface area contributed by atoms with E-state index in [2.05, 4.69) is 10.6 Å². The van der Waals surface area contributed by atoms with Gasteiger partial charge in [-0.1, -0.05) is 24.3 Å². The van der Waals surface area contributed by atoms with Crippen LogP contribution in [0.3, 0.4) is 0 Å². The normalized spacial score (nSPS) is 14.1. The number of carbonyl (C=O) groups excluding carboxylic acids is 1. The summed E-state index contributed by atoms with van der Waals surface area (Å²) in [6.45, 7) is 3.65. The van der Waals surface area contributed by atoms with Crippen molar-refractivity contribution in [3.63, 3.8) is 0 Å². The molecule has 4 nitrogen and oxygen atoms in total. The van der Waals surface area contributed by atoms with Crippen molar-refractivity contribution in [2.24, 2.45) is 5.92 Å². The highest BCUT2D eigenvalue weighted by atomic mass is 35.5. The largest absolute Gasteiger partial charge is 0.489 e. The van der Waals surface area contributed by atoms with Crippen LogP contribution in [0.4, 0.5) is 4.39 Å². The smallest absolute Gasteiger partial charge is 0.234 e. The molecule has 1 atom stereocenters. The Morgan fingerprint density at radius 1 is 1.15 bits per heavy atom. The lowest BCUT2D eigenvalue weighted by molar-refractivity contribution is -0.120. The lowest BCUT2D eigenvalue weighted by Crippen LogP contribution is -2.36. The molecule has 27 heavy (non-hydrogen) atoms. The van der Waals surface area contributed by atoms with Crippen LogP contribution in [0, 0.1) is 11.7 Å². The molecule has 0 aliphatic heterocycles. The SMILES string of the molecule is CC(NC(=O)CNCC1CC1)c1ccc(OCc2ccc(F)cc2)cc1.Cl. The van der Waals surface area contributed by atoms with Crippen LogP contribution >= 0.6 is 12.4 Å². The number of hydrogen-bond donors (Lipinski definition) is 2. The molecule has 1 fully saturated rings. The average Bonchev–Trinajstić information content (AvgIpc) is 3.46. The van der Waals surface area contributed by atoms with Crippen molar-refractivity contribution in [3.05, 3.63) is 65.5 Å². The second-order valence-corrected chi connectivity index (χ2v) is 6.85. The van der Waals surface area contributed by atoms with E-state index in [4.69, 9.17) is 4.74 Å². The summed E-state index contributed by atoms with van der Waals surface area (Å²) < 4.78 is 18.6. The van der Waals surface area contributed by atoms with Crippen molar-refractivity contribution >= 4 is 18.3 Å². The van der Waals surface area contributed by atoms with Crippen LogP contribution < -0.4 is 15.4 Å². The van der Waals surface area contributed by atoms with Crippen LogP contribution in [-0.4, -0.2) is 19.0 Å². The number of carbonyl (C=O) groups is 1. The molecule has 0 radical (unpaired) electrons. The summed E-state index contributed by atoms with van der Waals surface area (Å²) in [6.07, 6.45) is 2.56. The second-order valence-electron chi connectivity index (χ2n) is 6.85. The molecule has 1 unspecified atom stereocenters. The van der Waals surface area contributed by atoms with Gasteiger partial charge in [-0.3, -0.25) is 4.79 Å². The van der Waals surface area contributed by atoms with Gasteiger partial charge < -0.3 is 15.4 Å². The van der Waals surface area contributed by atoms with Gasteiger partial charge in [0.2, 0.25) is 5.91 Å². The Labute approximate surface area is 165 Å². The molecule has 2 aromatic rings. The van der Waals surface area contributed by atoms with Gasteiger partial charge in [-0.25, -0.2) is 4.39 Å². The van der Waals surface area contributed by atoms with E-state index in [1.807, 2.05) is 31.2 Å². The minimum absolute atomic E-state index is 0. The number of rotatable bonds is 9. The van der Waals surface area contributed by atoms with E-state index in [9.17, 15) is 9.18 Å². The molecule has 6 heteroatoms. The van der Waals surface area contributed by atoms with Crippen molar-refractivity contribution < 1.29 is 13.9 Å². The summed E-state index contributed by atoms with van der Waals surface area (Å²) in [6, 6.07) is 13.9. The maximum absolute atomic E-state index is 12.9. The lowest BCUT2D eigenvalue weighted by Gasteiger charge is -2.15. The summed E-state index contributed by atoms with van der Waals surface area (Å²) in [4.78, 5) is 12.0. The van der Waals surface area contributed by atoms with E-state index >= 15 is 0 Å². The van der Waals surface area contributed by atoms with E-state index in [0.717, 1.165) is 29.3 Å². The summed E-state index contributed by atoms with van der Waals surface area (Å²) in [5, 5.41) is 6.19. The van der Waals surface area contributed by atoms with Crippen LogP contribution in [0.25, 0.3) is 0 Å². The zero-order chi connectivity index (χ0) is 18.4. The Balaban J connectivity index is 0.00000261. The minimum atomic E-state index is -0.253. The van der Waals surface area contributed by atoms with Crippen LogP contribution in [0.2, 0.25) is 0 Å². The van der Waals surface area contributed by atoms with E-state index in [0.29, 0.717) is 13.2 Å². The van der Waals surface area contributed by atoms with Crippen molar-refractivity contribution in [2.75, 3.05) is 13.1 Å². The summed E-state index contributed by atoms with van der Waals surface area (Å²) in [5.41, 5.74) is 1.93. The molecule has 1 aliphatic carbocycles. The molecule has 146 valence electrons. The van der Waals surface area contributed by atoms with Crippen molar-refractivity contribution in [2.45, 2.75) is 32.4 Å². The summed E-state index contributed by atoms with van der Waals surface area (Å²) >= 11 is 0. The Morgan fingerprint density at radius 3 is 2.44 bits per heavy atom. The number of halogens is 2. The topological polar surface area (TPSA) is 50.4 Å². The predicted molar refractivity (Wildman–Crippen MR) is 107 cm³/mol. The highest BCUT2D eigenvalue weighted by Gasteiger charge is 2.20. The summed E-state index contributed by atoms with van der Waals surface area (Å²) in [7, 11) is 0. The average molecular weight is 393 g/mol. The third-order valence-electron chi connectivity index (χ3n) is 4.49. The fraction of sp³-hybridized carbons (Fsp3) is 0.381. The van der Waals surface area contributed by atoms with Gasteiger partial charge in [0.15, 0.2) is 0 Å². The first-order chi connectivity index (χ1) is 12.6. The second kappa shape index (κ2) is 10.3. The first-order valence-electron chi connectivity index (χ1n) is 9.07. The first kappa shape index (κ1) is 21.2. The van der Waals surface area contributed by atoms with Gasteiger partial charge in [0.25, 0.3) is 0 Å². The third kappa shape index (κ3) is 7.19. The number of hydrogen-bond acceptors (Lipinski definition) is 3. The van der Waals surface area contributed by atoms with Crippen LogP contribution in [0.15, 0.2) is 48.5 Å². The molecule has 0 aromatic heterocycles. The van der Waals surface area contributed by atoms with Crippen molar-refractivity contribution in [3.8, 4) is 5.75 Å². The number of amides is 1. The fourth-order valence-corrected chi connectivity index (χ4v) is 2.69. The molecule has 3 rings (SSSR count). The zero-order valence-corrected chi connectivity index (χ0v) is 16.2. The third-order valence-corrected chi connectivity index (χ3v) is 4.49. The van der Waals surface area contributed by atoms with Crippen LogP contribution in [-0.2, 0) is 11.4 Å². The highest BCUT2D eigenvalue weighted by Crippen LogP contribution is 2.27. The molecule has 0 spiro atoms. The Bertz CT molecular complexity index is 718. The lowest BCUT2D eigenvalue weighted by atomic mass is 10.1. The van der Waals surface area contributed by atoms with Gasteiger partial charge in [0.1, 0.15) is 18.2 Å². The number of ether oxygens (including phenoxy) is 1. The van der Waals surface area contributed by atoms with Gasteiger partial charge in [0.05, 0.1) is 12.6 Å². The van der Waals surface area contributed by atoms with Crippen molar-refractivity contribution in [1.29, 1.82) is 0 Å². The van der Waals surface area contributed by atoms with Gasteiger partial charge in [0, 0.05) is 0 Å². The molecule has 0 saturated heterocycles. The van der Waals surface area contributed by atoms with Gasteiger partial charge in [-0.2, -0.15) is 0 Å². The first-order valence-corrected chi connectivity index (χ1v) is 9.07. The molecule has 1 saturated carbocycles. The molecule has 0 bridgehead atoms. The fourth-order valence-electron chi connectivity index (χ4n) is 2.69. The highest BCUT2D eigenvalue weighted by molar-refractivity contribution is 5.85. The molecule has 2 N–H and O–H groups in total. The van der Waals surface area contributed by atoms with E-state index in [1.54, 1.807) is 12.1 Å². The number of benzene rings is 2.